The largest absolute Gasteiger partial charge is 0.462 e. The second-order valence-electron chi connectivity index (χ2n) is 7.30. The molecule has 0 aromatic heterocycles. The fraction of sp³-hybridized carbons (Fsp3) is 0.600. The van der Waals surface area contributed by atoms with E-state index in [1.54, 1.807) is 0 Å². The van der Waals surface area contributed by atoms with E-state index in [1.165, 1.54) is 24.3 Å². The summed E-state index contributed by atoms with van der Waals surface area (Å²) in [5.74, 6) is -1.34. The Balaban J connectivity index is 2.55. The monoisotopic (exact) mass is 430 g/mol. The Morgan fingerprint density at radius 3 is 1.10 bits per heavy atom. The normalized spacial score (nSPS) is 11.9. The van der Waals surface area contributed by atoms with Crippen LogP contribution in [0.4, 0.5) is 0 Å². The van der Waals surface area contributed by atoms with Crippen LogP contribution in [-0.2, 0) is 9.47 Å². The SMILES string of the molecule is O=C(OCCC(CO)(CO)CO)c1ccc(C(=O)OCCC(CO)(CO)CO)cc1. The lowest BCUT2D eigenvalue weighted by Gasteiger charge is -2.26. The molecule has 30 heavy (non-hydrogen) atoms. The molecule has 170 valence electrons. The molecule has 6 N–H and O–H groups in total. The van der Waals surface area contributed by atoms with Gasteiger partial charge in [0.1, 0.15) is 0 Å². The van der Waals surface area contributed by atoms with Gasteiger partial charge in [0, 0.05) is 10.8 Å². The molecular weight excluding hydrogens is 400 g/mol. The van der Waals surface area contributed by atoms with E-state index in [0.29, 0.717) is 0 Å². The van der Waals surface area contributed by atoms with E-state index < -0.39 is 62.4 Å². The van der Waals surface area contributed by atoms with E-state index in [0.717, 1.165) is 0 Å². The number of aliphatic hydroxyl groups is 6. The van der Waals surface area contributed by atoms with Crippen molar-refractivity contribution in [2.75, 3.05) is 52.9 Å². The van der Waals surface area contributed by atoms with Gasteiger partial charge in [0.2, 0.25) is 0 Å². The van der Waals surface area contributed by atoms with Gasteiger partial charge in [0.15, 0.2) is 0 Å². The highest BCUT2D eigenvalue weighted by Gasteiger charge is 2.29. The van der Waals surface area contributed by atoms with Gasteiger partial charge in [0.05, 0.1) is 64.0 Å². The van der Waals surface area contributed by atoms with Crippen LogP contribution in [0.3, 0.4) is 0 Å². The van der Waals surface area contributed by atoms with Crippen LogP contribution in [0, 0.1) is 10.8 Å². The summed E-state index contributed by atoms with van der Waals surface area (Å²) in [4.78, 5) is 24.1. The maximum Gasteiger partial charge on any atom is 0.338 e. The quantitative estimate of drug-likeness (QED) is 0.195. The van der Waals surface area contributed by atoms with E-state index in [-0.39, 0.29) is 37.2 Å². The van der Waals surface area contributed by atoms with E-state index in [1.807, 2.05) is 0 Å². The molecule has 1 aromatic rings. The maximum absolute atomic E-state index is 12.1. The van der Waals surface area contributed by atoms with Gasteiger partial charge in [-0.2, -0.15) is 0 Å². The fourth-order valence-electron chi connectivity index (χ4n) is 2.40. The van der Waals surface area contributed by atoms with Gasteiger partial charge in [-0.3, -0.25) is 0 Å². The average molecular weight is 430 g/mol. The second kappa shape index (κ2) is 12.6. The molecule has 1 rings (SSSR count). The Labute approximate surface area is 174 Å². The summed E-state index contributed by atoms with van der Waals surface area (Å²) in [6.07, 6.45) is 0.146. The smallest absolute Gasteiger partial charge is 0.338 e. The first-order valence-electron chi connectivity index (χ1n) is 9.44. The summed E-state index contributed by atoms with van der Waals surface area (Å²) in [6, 6.07) is 5.48. The summed E-state index contributed by atoms with van der Waals surface area (Å²) < 4.78 is 10.1. The number of benzene rings is 1. The highest BCUT2D eigenvalue weighted by atomic mass is 16.5. The zero-order valence-electron chi connectivity index (χ0n) is 16.7. The van der Waals surface area contributed by atoms with Crippen molar-refractivity contribution in [3.8, 4) is 0 Å². The number of aliphatic hydroxyl groups excluding tert-OH is 6. The zero-order chi connectivity index (χ0) is 22.6. The number of ether oxygens (including phenoxy) is 2. The number of rotatable bonds is 14. The Morgan fingerprint density at radius 2 is 0.867 bits per heavy atom. The van der Waals surface area contributed by atoms with Gasteiger partial charge in [-0.15, -0.1) is 0 Å². The minimum atomic E-state index is -1.13. The van der Waals surface area contributed by atoms with Crippen LogP contribution in [0.5, 0.6) is 0 Å². The molecule has 10 nitrogen and oxygen atoms in total. The summed E-state index contributed by atoms with van der Waals surface area (Å²) in [5, 5.41) is 55.5. The average Bonchev–Trinajstić information content (AvgIpc) is 2.80. The number of carbonyl (C=O) groups excluding carboxylic acids is 2. The molecule has 0 atom stereocenters. The van der Waals surface area contributed by atoms with Gasteiger partial charge in [-0.1, -0.05) is 0 Å². The lowest BCUT2D eigenvalue weighted by Crippen LogP contribution is -2.35. The maximum atomic E-state index is 12.1. The van der Waals surface area contributed by atoms with E-state index in [9.17, 15) is 40.2 Å². The fourth-order valence-corrected chi connectivity index (χ4v) is 2.40. The highest BCUT2D eigenvalue weighted by Crippen LogP contribution is 2.21. The van der Waals surface area contributed by atoms with E-state index >= 15 is 0 Å². The van der Waals surface area contributed by atoms with Gasteiger partial charge in [0.25, 0.3) is 0 Å². The molecule has 0 spiro atoms. The number of hydrogen-bond acceptors (Lipinski definition) is 10. The molecule has 1 aromatic carbocycles. The minimum absolute atomic E-state index is 0.0731. The molecule has 0 bridgehead atoms. The van der Waals surface area contributed by atoms with Crippen LogP contribution in [0.1, 0.15) is 33.6 Å². The highest BCUT2D eigenvalue weighted by molar-refractivity contribution is 5.93. The molecule has 0 saturated heterocycles. The molecule has 0 fully saturated rings. The molecule has 0 amide bonds. The minimum Gasteiger partial charge on any atom is -0.462 e. The second-order valence-corrected chi connectivity index (χ2v) is 7.30. The predicted molar refractivity (Wildman–Crippen MR) is 104 cm³/mol. The lowest BCUT2D eigenvalue weighted by molar-refractivity contribution is -0.0173. The third kappa shape index (κ3) is 7.01. The summed E-state index contributed by atoms with van der Waals surface area (Å²) in [5.41, 5.74) is -1.91. The molecule has 0 unspecified atom stereocenters. The lowest BCUT2D eigenvalue weighted by atomic mass is 9.88. The third-order valence-electron chi connectivity index (χ3n) is 5.10. The molecule has 0 aliphatic carbocycles. The molecule has 0 aliphatic rings. The molecule has 0 aliphatic heterocycles. The summed E-state index contributed by atoms with van der Waals surface area (Å²) in [6.45, 7) is -2.96. The molecule has 0 heterocycles. The van der Waals surface area contributed by atoms with Crippen LogP contribution < -0.4 is 0 Å². The van der Waals surface area contributed by atoms with Crippen molar-refractivity contribution in [2.45, 2.75) is 12.8 Å². The summed E-state index contributed by atoms with van der Waals surface area (Å²) >= 11 is 0. The van der Waals surface area contributed by atoms with Crippen molar-refractivity contribution in [3.63, 3.8) is 0 Å². The van der Waals surface area contributed by atoms with Crippen LogP contribution in [0.15, 0.2) is 24.3 Å². The third-order valence-corrected chi connectivity index (χ3v) is 5.10. The molecule has 0 saturated carbocycles. The Kier molecular flexibility index (Phi) is 10.9. The van der Waals surface area contributed by atoms with Crippen molar-refractivity contribution < 1.29 is 49.7 Å². The Morgan fingerprint density at radius 1 is 0.600 bits per heavy atom. The molecular formula is C20H30O10. The number of hydrogen-bond donors (Lipinski definition) is 6. The standard InChI is InChI=1S/C20H30O10/c21-9-19(10-22,11-23)5-7-29-17(27)15-1-2-16(4-3-15)18(28)30-8-6-20(12-24,13-25)14-26/h1-4,21-26H,5-14H2. The van der Waals surface area contributed by atoms with Crippen molar-refractivity contribution in [1.82, 2.24) is 0 Å². The van der Waals surface area contributed by atoms with Gasteiger partial charge < -0.3 is 40.1 Å². The van der Waals surface area contributed by atoms with Gasteiger partial charge in [-0.05, 0) is 37.1 Å². The first-order valence-corrected chi connectivity index (χ1v) is 9.44. The van der Waals surface area contributed by atoms with E-state index in [4.69, 9.17) is 9.47 Å². The molecule has 10 heteroatoms. The Bertz CT molecular complexity index is 577. The first-order chi connectivity index (χ1) is 14.3. The van der Waals surface area contributed by atoms with Crippen LogP contribution >= 0.6 is 0 Å². The zero-order valence-corrected chi connectivity index (χ0v) is 16.7. The van der Waals surface area contributed by atoms with Crippen molar-refractivity contribution in [2.24, 2.45) is 10.8 Å². The van der Waals surface area contributed by atoms with Crippen LogP contribution in [0.25, 0.3) is 0 Å². The van der Waals surface area contributed by atoms with Crippen molar-refractivity contribution in [1.29, 1.82) is 0 Å². The summed E-state index contributed by atoms with van der Waals surface area (Å²) in [7, 11) is 0. The van der Waals surface area contributed by atoms with Crippen LogP contribution in [0.2, 0.25) is 0 Å². The Hall–Kier alpha value is -2.08. The van der Waals surface area contributed by atoms with Gasteiger partial charge in [-0.25, -0.2) is 9.59 Å². The number of carbonyl (C=O) groups is 2. The first kappa shape index (κ1) is 26.0. The predicted octanol–water partition coefficient (Wildman–Crippen LogP) is -1.29. The topological polar surface area (TPSA) is 174 Å². The number of esters is 2. The molecule has 0 radical (unpaired) electrons. The van der Waals surface area contributed by atoms with Crippen molar-refractivity contribution in [3.05, 3.63) is 35.4 Å². The van der Waals surface area contributed by atoms with Crippen molar-refractivity contribution >= 4 is 11.9 Å². The van der Waals surface area contributed by atoms with Crippen LogP contribution in [-0.4, -0.2) is 95.4 Å². The van der Waals surface area contributed by atoms with Gasteiger partial charge >= 0.3 is 11.9 Å². The van der Waals surface area contributed by atoms with E-state index in [2.05, 4.69) is 0 Å².